The Morgan fingerprint density at radius 2 is 1.71 bits per heavy atom. The molecule has 38 heavy (non-hydrogen) atoms. The van der Waals surface area contributed by atoms with Gasteiger partial charge in [0.2, 0.25) is 21.8 Å². The third-order valence-electron chi connectivity index (χ3n) is 6.87. The normalized spacial score (nSPS) is 21.1. The Bertz CT molecular complexity index is 1160. The van der Waals surface area contributed by atoms with Crippen molar-refractivity contribution in [1.82, 2.24) is 15.4 Å². The van der Waals surface area contributed by atoms with Crippen molar-refractivity contribution in [2.45, 2.75) is 74.6 Å². The largest absolute Gasteiger partial charge is 1.00 e. The number of aliphatic hydroxyl groups excluding tert-OH is 1. The van der Waals surface area contributed by atoms with E-state index in [1.165, 1.54) is 0 Å². The summed E-state index contributed by atoms with van der Waals surface area (Å²) in [6, 6.07) is 3.35. The monoisotopic (exact) mass is 601 g/mol. The summed E-state index contributed by atoms with van der Waals surface area (Å²) < 4.78 is 63.1. The fourth-order valence-corrected chi connectivity index (χ4v) is 6.99. The number of halogens is 1. The number of aliphatic hydroxyl groups is 1. The molecule has 1 heterocycles. The molecule has 1 aliphatic carbocycles. The summed E-state index contributed by atoms with van der Waals surface area (Å²) in [5, 5.41) is 15.6. The van der Waals surface area contributed by atoms with Crippen LogP contribution in [0.15, 0.2) is 24.3 Å². The van der Waals surface area contributed by atoms with Crippen LogP contribution in [-0.2, 0) is 35.5 Å². The van der Waals surface area contributed by atoms with Crippen LogP contribution < -0.4 is 44.9 Å². The molecule has 4 atom stereocenters. The molecule has 4 N–H and O–H groups in total. The molecule has 2 aliphatic rings. The molecule has 1 aromatic carbocycles. The van der Waals surface area contributed by atoms with Crippen LogP contribution in [-0.4, -0.2) is 62.4 Å². The van der Waals surface area contributed by atoms with Crippen molar-refractivity contribution in [3.05, 3.63) is 34.9 Å². The van der Waals surface area contributed by atoms with Gasteiger partial charge in [-0.2, -0.15) is 0 Å². The van der Waals surface area contributed by atoms with Gasteiger partial charge < -0.3 is 20.3 Å². The topological polar surface area (TPSA) is 182 Å². The smallest absolute Gasteiger partial charge is 0.746 e. The molecule has 0 aromatic heterocycles. The second-order valence-electron chi connectivity index (χ2n) is 9.81. The molecule has 1 aliphatic heterocycles. The molecule has 0 radical (unpaired) electrons. The molecule has 208 valence electrons. The molecule has 15 heteroatoms. The van der Waals surface area contributed by atoms with Crippen LogP contribution in [0.2, 0.25) is 5.02 Å². The fourth-order valence-electron chi connectivity index (χ4n) is 4.93. The molecular weight excluding hydrogens is 569 g/mol. The molecule has 2 amide bonds. The molecule has 1 saturated carbocycles. The number of rotatable bonds is 12. The number of sulfonamides is 1. The van der Waals surface area contributed by atoms with Crippen molar-refractivity contribution in [1.29, 1.82) is 0 Å². The van der Waals surface area contributed by atoms with Crippen LogP contribution in [0.4, 0.5) is 0 Å². The van der Waals surface area contributed by atoms with Crippen LogP contribution in [0.3, 0.4) is 0 Å². The van der Waals surface area contributed by atoms with Gasteiger partial charge in [0.1, 0.15) is 16.2 Å². The third kappa shape index (κ3) is 10.3. The summed E-state index contributed by atoms with van der Waals surface area (Å²) in [5.74, 6) is -2.30. The van der Waals surface area contributed by atoms with E-state index in [1.807, 2.05) is 0 Å². The maximum absolute atomic E-state index is 13.3. The standard InChI is InChI=1S/C23H34ClN3O8S2.Na/c24-18-8-6-16(7-9-18)14-36(31,32)27-19(12-15-4-2-1-3-5-15)22(29)26-20(23(30)37(33,34)35)13-17-10-11-25-21(17)28;/h6-9,15,17,19-20,23,27,30H,1-5,10-14H2,(H,25,28)(H,26,29)(H,33,34,35);/q;+1/p-1/t17-,19-,20-,23?;/m0./s1. The molecule has 11 nitrogen and oxygen atoms in total. The van der Waals surface area contributed by atoms with E-state index in [0.29, 0.717) is 23.6 Å². The van der Waals surface area contributed by atoms with Gasteiger partial charge in [-0.1, -0.05) is 55.8 Å². The van der Waals surface area contributed by atoms with Crippen LogP contribution >= 0.6 is 11.6 Å². The zero-order valence-corrected chi connectivity index (χ0v) is 25.7. The van der Waals surface area contributed by atoms with E-state index >= 15 is 0 Å². The molecule has 1 aromatic rings. The maximum atomic E-state index is 13.3. The van der Waals surface area contributed by atoms with Crippen LogP contribution in [0.25, 0.3) is 0 Å². The van der Waals surface area contributed by atoms with E-state index in [2.05, 4.69) is 15.4 Å². The Hall–Kier alpha value is -0.770. The van der Waals surface area contributed by atoms with Crippen LogP contribution in [0.1, 0.15) is 56.9 Å². The predicted molar refractivity (Wildman–Crippen MR) is 136 cm³/mol. The average Bonchev–Trinajstić information content (AvgIpc) is 3.23. The molecular formula is C23H33ClN3NaO8S2. The number of carbonyl (C=O) groups is 2. The van der Waals surface area contributed by atoms with Crippen molar-refractivity contribution in [2.75, 3.05) is 6.54 Å². The van der Waals surface area contributed by atoms with Crippen molar-refractivity contribution in [2.24, 2.45) is 11.8 Å². The molecule has 0 bridgehead atoms. The van der Waals surface area contributed by atoms with Gasteiger partial charge in [0.15, 0.2) is 5.44 Å². The maximum Gasteiger partial charge on any atom is 1.00 e. The van der Waals surface area contributed by atoms with Gasteiger partial charge in [-0.3, -0.25) is 9.59 Å². The second kappa shape index (κ2) is 14.7. The fraction of sp³-hybridized carbons (Fsp3) is 0.652. The number of amides is 2. The Morgan fingerprint density at radius 1 is 1.08 bits per heavy atom. The quantitative estimate of drug-likeness (QED) is 0.156. The molecule has 3 rings (SSSR count). The first-order valence-electron chi connectivity index (χ1n) is 12.3. The molecule has 1 saturated heterocycles. The summed E-state index contributed by atoms with van der Waals surface area (Å²) in [7, 11) is -9.25. The van der Waals surface area contributed by atoms with E-state index in [9.17, 15) is 36.1 Å². The summed E-state index contributed by atoms with van der Waals surface area (Å²) in [4.78, 5) is 25.3. The van der Waals surface area contributed by atoms with E-state index in [1.54, 1.807) is 24.3 Å². The average molecular weight is 602 g/mol. The number of benzene rings is 1. The Balaban J connectivity index is 0.00000507. The summed E-state index contributed by atoms with van der Waals surface area (Å²) >= 11 is 5.86. The minimum Gasteiger partial charge on any atom is -0.746 e. The summed E-state index contributed by atoms with van der Waals surface area (Å²) in [5.41, 5.74) is -2.04. The number of hydrogen-bond acceptors (Lipinski definition) is 8. The minimum absolute atomic E-state index is 0. The Kier molecular flexibility index (Phi) is 13.0. The van der Waals surface area contributed by atoms with Gasteiger partial charge in [-0.25, -0.2) is 21.6 Å². The van der Waals surface area contributed by atoms with Gasteiger partial charge in [0, 0.05) is 17.5 Å². The third-order valence-corrected chi connectivity index (χ3v) is 9.40. The van der Waals surface area contributed by atoms with Gasteiger partial charge in [-0.15, -0.1) is 0 Å². The van der Waals surface area contributed by atoms with Crippen LogP contribution in [0.5, 0.6) is 0 Å². The number of hydrogen-bond donors (Lipinski definition) is 4. The van der Waals surface area contributed by atoms with Crippen LogP contribution in [0, 0.1) is 11.8 Å². The predicted octanol–water partition coefficient (Wildman–Crippen LogP) is -2.02. The van der Waals surface area contributed by atoms with Gasteiger partial charge in [0.25, 0.3) is 0 Å². The second-order valence-corrected chi connectivity index (χ2v) is 13.5. The van der Waals surface area contributed by atoms with Crippen molar-refractivity contribution >= 4 is 43.6 Å². The van der Waals surface area contributed by atoms with Crippen molar-refractivity contribution in [3.8, 4) is 0 Å². The van der Waals surface area contributed by atoms with E-state index < -0.39 is 55.2 Å². The first kappa shape index (κ1) is 33.4. The zero-order chi connectivity index (χ0) is 27.2. The van der Waals surface area contributed by atoms with Crippen molar-refractivity contribution < 1.29 is 65.6 Å². The Labute approximate surface area is 250 Å². The SMILES string of the molecule is O=C1NCC[C@H]1C[C@H](NC(=O)[C@H](CC1CCCCC1)NS(=O)(=O)Cc1ccc(Cl)cc1)C(O)S(=O)(=O)[O-].[Na+]. The van der Waals surface area contributed by atoms with Gasteiger partial charge in [-0.05, 0) is 42.9 Å². The zero-order valence-electron chi connectivity index (χ0n) is 21.3. The van der Waals surface area contributed by atoms with E-state index in [4.69, 9.17) is 11.6 Å². The summed E-state index contributed by atoms with van der Waals surface area (Å²) in [6.45, 7) is 0.346. The van der Waals surface area contributed by atoms with Gasteiger partial charge >= 0.3 is 29.6 Å². The summed E-state index contributed by atoms with van der Waals surface area (Å²) in [6.07, 6.45) is 4.80. The molecule has 2 fully saturated rings. The Morgan fingerprint density at radius 3 is 2.26 bits per heavy atom. The van der Waals surface area contributed by atoms with Gasteiger partial charge in [0.05, 0.1) is 11.8 Å². The first-order chi connectivity index (χ1) is 17.3. The first-order valence-corrected chi connectivity index (χ1v) is 15.8. The van der Waals surface area contributed by atoms with Crippen molar-refractivity contribution in [3.63, 3.8) is 0 Å². The molecule has 1 unspecified atom stereocenters. The number of nitrogens with one attached hydrogen (secondary N) is 3. The number of carbonyl (C=O) groups excluding carboxylic acids is 2. The molecule has 0 spiro atoms. The minimum atomic E-state index is -5.23. The van der Waals surface area contributed by atoms with E-state index in [-0.39, 0.29) is 54.2 Å². The van der Waals surface area contributed by atoms with E-state index in [0.717, 1.165) is 32.1 Å².